The Labute approximate surface area is 107 Å². The topological polar surface area (TPSA) is 43.2 Å². The molecule has 5 nitrogen and oxygen atoms in total. The van der Waals surface area contributed by atoms with Crippen molar-refractivity contribution in [2.75, 3.05) is 27.2 Å². The summed E-state index contributed by atoms with van der Waals surface area (Å²) in [6.45, 7) is 2.06. The normalized spacial score (nSPS) is 10.8. The average Bonchev–Trinajstić information content (AvgIpc) is 2.68. The second-order valence-corrected chi connectivity index (χ2v) is 3.92. The third-order valence-electron chi connectivity index (χ3n) is 2.32. The van der Waals surface area contributed by atoms with Crippen molar-refractivity contribution in [3.05, 3.63) is 24.3 Å². The van der Waals surface area contributed by atoms with E-state index in [4.69, 9.17) is 4.74 Å². The molecular weight excluding hydrogens is 240 g/mol. The second kappa shape index (κ2) is 6.54. The SMILES string of the molecule is CN(C)CCOCn1nnc2ccccc21.Cl. The van der Waals surface area contributed by atoms with Crippen LogP contribution in [0.5, 0.6) is 0 Å². The van der Waals surface area contributed by atoms with E-state index in [1.54, 1.807) is 4.68 Å². The molecule has 6 heteroatoms. The number of nitrogens with zero attached hydrogens (tertiary/aromatic N) is 4. The Hall–Kier alpha value is -1.17. The van der Waals surface area contributed by atoms with Crippen LogP contribution in [-0.2, 0) is 11.5 Å². The predicted octanol–water partition coefficient (Wildman–Crippen LogP) is 1.39. The van der Waals surface area contributed by atoms with Crippen LogP contribution < -0.4 is 0 Å². The van der Waals surface area contributed by atoms with Gasteiger partial charge in [0.2, 0.25) is 0 Å². The molecule has 1 heterocycles. The molecule has 1 aromatic carbocycles. The quantitative estimate of drug-likeness (QED) is 0.759. The van der Waals surface area contributed by atoms with Crippen molar-refractivity contribution in [3.63, 3.8) is 0 Å². The Morgan fingerprint density at radius 3 is 2.82 bits per heavy atom. The third kappa shape index (κ3) is 3.66. The summed E-state index contributed by atoms with van der Waals surface area (Å²) in [4.78, 5) is 2.08. The number of hydrogen-bond acceptors (Lipinski definition) is 4. The zero-order valence-corrected chi connectivity index (χ0v) is 10.9. The standard InChI is InChI=1S/C11H16N4O.ClH/c1-14(2)7-8-16-9-15-11-6-4-3-5-10(11)12-13-15;/h3-6H,7-9H2,1-2H3;1H. The molecule has 94 valence electrons. The van der Waals surface area contributed by atoms with Crippen LogP contribution in [0.25, 0.3) is 11.0 Å². The van der Waals surface area contributed by atoms with Gasteiger partial charge in [-0.25, -0.2) is 4.68 Å². The molecule has 2 rings (SSSR count). The van der Waals surface area contributed by atoms with E-state index in [0.717, 1.165) is 17.6 Å². The summed E-state index contributed by atoms with van der Waals surface area (Å²) in [6.07, 6.45) is 0. The average molecular weight is 257 g/mol. The third-order valence-corrected chi connectivity index (χ3v) is 2.32. The minimum Gasteiger partial charge on any atom is -0.358 e. The van der Waals surface area contributed by atoms with E-state index in [-0.39, 0.29) is 12.4 Å². The molecule has 0 aliphatic carbocycles. The van der Waals surface area contributed by atoms with Gasteiger partial charge in [0.05, 0.1) is 12.1 Å². The molecule has 0 unspecified atom stereocenters. The number of benzene rings is 1. The molecular formula is C11H17ClN4O. The Kier molecular flexibility index (Phi) is 5.34. The highest BCUT2D eigenvalue weighted by atomic mass is 35.5. The zero-order valence-electron chi connectivity index (χ0n) is 10.0. The minimum absolute atomic E-state index is 0. The molecule has 0 aliphatic heterocycles. The Morgan fingerprint density at radius 1 is 1.29 bits per heavy atom. The van der Waals surface area contributed by atoms with E-state index in [1.807, 2.05) is 38.4 Å². The van der Waals surface area contributed by atoms with Crippen LogP contribution in [0, 0.1) is 0 Å². The monoisotopic (exact) mass is 256 g/mol. The summed E-state index contributed by atoms with van der Waals surface area (Å²) < 4.78 is 7.28. The number of fused-ring (bicyclic) bond motifs is 1. The molecule has 0 N–H and O–H groups in total. The first-order chi connectivity index (χ1) is 7.77. The van der Waals surface area contributed by atoms with Crippen molar-refractivity contribution in [2.24, 2.45) is 0 Å². The lowest BCUT2D eigenvalue weighted by molar-refractivity contribution is 0.0602. The summed E-state index contributed by atoms with van der Waals surface area (Å²) in [7, 11) is 4.04. The fourth-order valence-corrected chi connectivity index (χ4v) is 1.41. The van der Waals surface area contributed by atoms with Crippen LogP contribution in [-0.4, -0.2) is 47.1 Å². The number of halogens is 1. The van der Waals surface area contributed by atoms with Crippen molar-refractivity contribution >= 4 is 23.4 Å². The highest BCUT2D eigenvalue weighted by Crippen LogP contribution is 2.09. The van der Waals surface area contributed by atoms with Crippen molar-refractivity contribution in [1.29, 1.82) is 0 Å². The molecule has 17 heavy (non-hydrogen) atoms. The summed E-state index contributed by atoms with van der Waals surface area (Å²) in [5.74, 6) is 0. The number of ether oxygens (including phenoxy) is 1. The van der Waals surface area contributed by atoms with Crippen LogP contribution in [0.15, 0.2) is 24.3 Å². The van der Waals surface area contributed by atoms with Gasteiger partial charge in [0.1, 0.15) is 12.2 Å². The maximum Gasteiger partial charge on any atom is 0.141 e. The lowest BCUT2D eigenvalue weighted by Crippen LogP contribution is -2.19. The number of hydrogen-bond donors (Lipinski definition) is 0. The van der Waals surface area contributed by atoms with Crippen LogP contribution in [0.4, 0.5) is 0 Å². The summed E-state index contributed by atoms with van der Waals surface area (Å²) in [5, 5.41) is 8.10. The first kappa shape index (κ1) is 13.9. The molecule has 0 saturated heterocycles. The molecule has 0 saturated carbocycles. The Bertz CT molecular complexity index is 457. The molecule has 0 atom stereocenters. The number of rotatable bonds is 5. The van der Waals surface area contributed by atoms with Crippen LogP contribution in [0.3, 0.4) is 0 Å². The van der Waals surface area contributed by atoms with E-state index in [0.29, 0.717) is 13.3 Å². The Balaban J connectivity index is 0.00000144. The fraction of sp³-hybridized carbons (Fsp3) is 0.455. The van der Waals surface area contributed by atoms with Crippen LogP contribution in [0.1, 0.15) is 0 Å². The van der Waals surface area contributed by atoms with Gasteiger partial charge in [-0.05, 0) is 26.2 Å². The number of para-hydroxylation sites is 1. The van der Waals surface area contributed by atoms with Gasteiger partial charge in [0.15, 0.2) is 0 Å². The number of likely N-dealkylation sites (N-methyl/N-ethyl adjacent to an activating group) is 1. The van der Waals surface area contributed by atoms with E-state index in [1.165, 1.54) is 0 Å². The first-order valence-electron chi connectivity index (χ1n) is 5.28. The van der Waals surface area contributed by atoms with Gasteiger partial charge in [0, 0.05) is 6.54 Å². The Morgan fingerprint density at radius 2 is 2.06 bits per heavy atom. The minimum atomic E-state index is 0. The van der Waals surface area contributed by atoms with E-state index in [9.17, 15) is 0 Å². The smallest absolute Gasteiger partial charge is 0.141 e. The van der Waals surface area contributed by atoms with Gasteiger partial charge in [-0.3, -0.25) is 0 Å². The predicted molar refractivity (Wildman–Crippen MR) is 69.3 cm³/mol. The molecule has 0 spiro atoms. The second-order valence-electron chi connectivity index (χ2n) is 3.92. The fourth-order valence-electron chi connectivity index (χ4n) is 1.41. The van der Waals surface area contributed by atoms with Crippen LogP contribution in [0.2, 0.25) is 0 Å². The van der Waals surface area contributed by atoms with Gasteiger partial charge in [-0.1, -0.05) is 17.3 Å². The summed E-state index contributed by atoms with van der Waals surface area (Å²) in [6, 6.07) is 7.86. The molecule has 0 fully saturated rings. The van der Waals surface area contributed by atoms with Crippen molar-refractivity contribution in [2.45, 2.75) is 6.73 Å². The van der Waals surface area contributed by atoms with Gasteiger partial charge < -0.3 is 9.64 Å². The lowest BCUT2D eigenvalue weighted by atomic mass is 10.3. The molecule has 2 aromatic rings. The number of aromatic nitrogens is 3. The van der Waals surface area contributed by atoms with Crippen molar-refractivity contribution in [3.8, 4) is 0 Å². The van der Waals surface area contributed by atoms with Gasteiger partial charge in [0.25, 0.3) is 0 Å². The van der Waals surface area contributed by atoms with Crippen LogP contribution >= 0.6 is 12.4 Å². The van der Waals surface area contributed by atoms with Gasteiger partial charge in [-0.2, -0.15) is 0 Å². The van der Waals surface area contributed by atoms with E-state index >= 15 is 0 Å². The molecule has 0 amide bonds. The highest BCUT2D eigenvalue weighted by Gasteiger charge is 2.02. The maximum absolute atomic E-state index is 5.52. The zero-order chi connectivity index (χ0) is 11.4. The largest absolute Gasteiger partial charge is 0.358 e. The lowest BCUT2D eigenvalue weighted by Gasteiger charge is -2.09. The molecule has 0 aliphatic rings. The molecule has 0 radical (unpaired) electrons. The summed E-state index contributed by atoms with van der Waals surface area (Å²) >= 11 is 0. The highest BCUT2D eigenvalue weighted by molar-refractivity contribution is 5.85. The first-order valence-corrected chi connectivity index (χ1v) is 5.28. The van der Waals surface area contributed by atoms with Gasteiger partial charge >= 0.3 is 0 Å². The van der Waals surface area contributed by atoms with E-state index < -0.39 is 0 Å². The van der Waals surface area contributed by atoms with Crippen molar-refractivity contribution in [1.82, 2.24) is 19.9 Å². The van der Waals surface area contributed by atoms with Gasteiger partial charge in [-0.15, -0.1) is 17.5 Å². The summed E-state index contributed by atoms with van der Waals surface area (Å²) in [5.41, 5.74) is 1.91. The van der Waals surface area contributed by atoms with Crippen molar-refractivity contribution < 1.29 is 4.74 Å². The molecule has 1 aromatic heterocycles. The maximum atomic E-state index is 5.52. The molecule has 0 bridgehead atoms. The van der Waals surface area contributed by atoms with E-state index in [2.05, 4.69) is 15.2 Å².